The van der Waals surface area contributed by atoms with Crippen molar-refractivity contribution in [3.63, 3.8) is 0 Å². The van der Waals surface area contributed by atoms with Crippen LogP contribution in [0.1, 0.15) is 20.3 Å². The summed E-state index contributed by atoms with van der Waals surface area (Å²) in [5.74, 6) is 0. The highest BCUT2D eigenvalue weighted by molar-refractivity contribution is 5.49. The fraction of sp³-hybridized carbons (Fsp3) is 0.875. The van der Waals surface area contributed by atoms with Crippen molar-refractivity contribution in [2.75, 3.05) is 20.6 Å². The van der Waals surface area contributed by atoms with Crippen LogP contribution in [-0.2, 0) is 0 Å². The Bertz CT molecular complexity index is 159. The van der Waals surface area contributed by atoms with Crippen LogP contribution in [0.15, 0.2) is 0 Å². The second kappa shape index (κ2) is 2.26. The highest BCUT2D eigenvalue weighted by Crippen LogP contribution is 2.15. The normalized spacial score (nSPS) is 24.4. The van der Waals surface area contributed by atoms with Crippen LogP contribution in [0.25, 0.3) is 0 Å². The molecule has 0 spiro atoms. The van der Waals surface area contributed by atoms with Gasteiger partial charge in [0, 0.05) is 6.42 Å². The molecule has 0 atom stereocenters. The lowest BCUT2D eigenvalue weighted by Gasteiger charge is -2.29. The zero-order valence-corrected chi connectivity index (χ0v) is 7.39. The maximum absolute atomic E-state index is 2.27. The Morgan fingerprint density at radius 2 is 2.10 bits per heavy atom. The van der Waals surface area contributed by atoms with Gasteiger partial charge in [0.1, 0.15) is 5.54 Å². The quantitative estimate of drug-likeness (QED) is 0.452. The molecule has 0 N–H and O–H groups in total. The van der Waals surface area contributed by atoms with Gasteiger partial charge in [-0.05, 0) is 13.8 Å². The van der Waals surface area contributed by atoms with Crippen molar-refractivity contribution in [2.24, 2.45) is 0 Å². The average Bonchev–Trinajstić information content (AvgIpc) is 1.81. The first-order valence-corrected chi connectivity index (χ1v) is 3.80. The predicted molar refractivity (Wildman–Crippen MR) is 43.6 cm³/mol. The van der Waals surface area contributed by atoms with E-state index in [1.54, 1.807) is 0 Å². The summed E-state index contributed by atoms with van der Waals surface area (Å²) in [5, 5.41) is 0. The maximum atomic E-state index is 2.27. The van der Waals surface area contributed by atoms with Crippen LogP contribution in [-0.4, -0.2) is 42.0 Å². The van der Waals surface area contributed by atoms with Crippen LogP contribution in [0.2, 0.25) is 0 Å². The predicted octanol–water partition coefficient (Wildman–Crippen LogP) is 0.771. The molecule has 0 aliphatic carbocycles. The van der Waals surface area contributed by atoms with E-state index >= 15 is 0 Å². The minimum atomic E-state index is 0.354. The summed E-state index contributed by atoms with van der Waals surface area (Å²) in [6.45, 7) is 5.73. The van der Waals surface area contributed by atoms with Crippen molar-refractivity contribution in [1.82, 2.24) is 4.90 Å². The van der Waals surface area contributed by atoms with Gasteiger partial charge in [0.15, 0.2) is 0 Å². The van der Waals surface area contributed by atoms with Gasteiger partial charge in [0.2, 0.25) is 6.34 Å². The minimum Gasteiger partial charge on any atom is -0.271 e. The SMILES string of the molecule is CN1C=[N+](C)C(C)(C)CC1. The van der Waals surface area contributed by atoms with E-state index in [-0.39, 0.29) is 0 Å². The summed E-state index contributed by atoms with van der Waals surface area (Å²) < 4.78 is 2.27. The van der Waals surface area contributed by atoms with Crippen LogP contribution < -0.4 is 0 Å². The lowest BCUT2D eigenvalue weighted by Crippen LogP contribution is -2.45. The van der Waals surface area contributed by atoms with E-state index in [9.17, 15) is 0 Å². The molecule has 0 saturated carbocycles. The van der Waals surface area contributed by atoms with Crippen LogP contribution in [0.4, 0.5) is 0 Å². The van der Waals surface area contributed by atoms with Gasteiger partial charge in [-0.1, -0.05) is 0 Å². The third kappa shape index (κ3) is 1.31. The smallest absolute Gasteiger partial charge is 0.234 e. The molecule has 0 aromatic heterocycles. The molecule has 1 heterocycles. The van der Waals surface area contributed by atoms with Crippen LogP contribution >= 0.6 is 0 Å². The Kier molecular flexibility index (Phi) is 1.71. The summed E-state index contributed by atoms with van der Waals surface area (Å²) in [6.07, 6.45) is 3.42. The zero-order valence-electron chi connectivity index (χ0n) is 7.39. The van der Waals surface area contributed by atoms with Crippen LogP contribution in [0, 0.1) is 0 Å². The van der Waals surface area contributed by atoms with Crippen molar-refractivity contribution >= 4 is 6.34 Å². The molecule has 0 saturated heterocycles. The second-order valence-electron chi connectivity index (χ2n) is 3.77. The number of rotatable bonds is 0. The number of hydrogen-bond acceptors (Lipinski definition) is 1. The fourth-order valence-electron chi connectivity index (χ4n) is 1.14. The molecule has 2 heteroatoms. The van der Waals surface area contributed by atoms with Crippen molar-refractivity contribution in [3.05, 3.63) is 0 Å². The third-order valence-electron chi connectivity index (χ3n) is 2.40. The number of hydrogen-bond donors (Lipinski definition) is 0. The van der Waals surface area contributed by atoms with Crippen molar-refractivity contribution in [3.8, 4) is 0 Å². The highest BCUT2D eigenvalue weighted by atomic mass is 15.2. The topological polar surface area (TPSA) is 6.25 Å². The second-order valence-corrected chi connectivity index (χ2v) is 3.77. The molecule has 0 aromatic rings. The van der Waals surface area contributed by atoms with Gasteiger partial charge in [-0.15, -0.1) is 0 Å². The Morgan fingerprint density at radius 1 is 1.50 bits per heavy atom. The van der Waals surface area contributed by atoms with E-state index < -0.39 is 0 Å². The Balaban J connectivity index is 2.78. The Labute approximate surface area is 63.2 Å². The summed E-state index contributed by atoms with van der Waals surface area (Å²) >= 11 is 0. The van der Waals surface area contributed by atoms with Gasteiger partial charge in [0.25, 0.3) is 0 Å². The highest BCUT2D eigenvalue weighted by Gasteiger charge is 2.28. The molecule has 1 aliphatic rings. The van der Waals surface area contributed by atoms with E-state index in [0.29, 0.717) is 5.54 Å². The van der Waals surface area contributed by atoms with Gasteiger partial charge < -0.3 is 0 Å². The molecule has 1 rings (SSSR count). The largest absolute Gasteiger partial charge is 0.271 e. The van der Waals surface area contributed by atoms with Gasteiger partial charge in [-0.2, -0.15) is 0 Å². The summed E-state index contributed by atoms with van der Waals surface area (Å²) in [5.41, 5.74) is 0.354. The van der Waals surface area contributed by atoms with E-state index in [0.717, 1.165) is 0 Å². The zero-order chi connectivity index (χ0) is 7.78. The van der Waals surface area contributed by atoms with E-state index in [2.05, 4.69) is 43.8 Å². The molecule has 2 nitrogen and oxygen atoms in total. The van der Waals surface area contributed by atoms with E-state index in [4.69, 9.17) is 0 Å². The molecule has 10 heavy (non-hydrogen) atoms. The molecule has 1 aliphatic heterocycles. The first kappa shape index (κ1) is 7.58. The standard InChI is InChI=1S/C8H17N2/c1-8(2)5-6-9(3)7-10(8)4/h7H,5-6H2,1-4H3/q+1. The number of nitrogens with zero attached hydrogens (tertiary/aromatic N) is 2. The lowest BCUT2D eigenvalue weighted by molar-refractivity contribution is -0.581. The first-order chi connectivity index (χ1) is 4.52. The molecule has 0 aromatic carbocycles. The van der Waals surface area contributed by atoms with Crippen molar-refractivity contribution in [2.45, 2.75) is 25.8 Å². The third-order valence-corrected chi connectivity index (χ3v) is 2.40. The summed E-state index contributed by atoms with van der Waals surface area (Å²) in [4.78, 5) is 2.23. The minimum absolute atomic E-state index is 0.354. The summed E-state index contributed by atoms with van der Waals surface area (Å²) in [6, 6.07) is 0. The van der Waals surface area contributed by atoms with E-state index in [1.807, 2.05) is 0 Å². The Hall–Kier alpha value is -0.530. The average molecular weight is 141 g/mol. The van der Waals surface area contributed by atoms with Gasteiger partial charge >= 0.3 is 0 Å². The lowest BCUT2D eigenvalue weighted by atomic mass is 9.99. The van der Waals surface area contributed by atoms with Crippen LogP contribution in [0.5, 0.6) is 0 Å². The van der Waals surface area contributed by atoms with Gasteiger partial charge in [-0.25, -0.2) is 0 Å². The molecule has 58 valence electrons. The van der Waals surface area contributed by atoms with E-state index in [1.165, 1.54) is 13.0 Å². The monoisotopic (exact) mass is 141 g/mol. The molecule has 0 bridgehead atoms. The van der Waals surface area contributed by atoms with Crippen molar-refractivity contribution in [1.29, 1.82) is 0 Å². The van der Waals surface area contributed by atoms with Gasteiger partial charge in [0.05, 0.1) is 20.6 Å². The van der Waals surface area contributed by atoms with Crippen molar-refractivity contribution < 1.29 is 4.58 Å². The Morgan fingerprint density at radius 3 is 2.50 bits per heavy atom. The molecular formula is C8H17N2+. The van der Waals surface area contributed by atoms with Gasteiger partial charge in [-0.3, -0.25) is 9.48 Å². The van der Waals surface area contributed by atoms with Crippen LogP contribution in [0.3, 0.4) is 0 Å². The fourth-order valence-corrected chi connectivity index (χ4v) is 1.14. The molecule has 0 radical (unpaired) electrons. The first-order valence-electron chi connectivity index (χ1n) is 3.80. The molecule has 0 unspecified atom stereocenters. The molecule has 0 amide bonds. The summed E-state index contributed by atoms with van der Waals surface area (Å²) in [7, 11) is 4.25. The molecule has 0 fully saturated rings. The maximum Gasteiger partial charge on any atom is 0.234 e. The molecular weight excluding hydrogens is 124 g/mol.